The van der Waals surface area contributed by atoms with Crippen molar-refractivity contribution in [1.29, 1.82) is 0 Å². The number of carbonyl (C=O) groups is 1. The number of aryl methyl sites for hydroxylation is 2. The Kier molecular flexibility index (Phi) is 8.13. The van der Waals surface area contributed by atoms with Crippen LogP contribution in [-0.4, -0.2) is 58.8 Å². The summed E-state index contributed by atoms with van der Waals surface area (Å²) < 4.78 is 8.10. The van der Waals surface area contributed by atoms with Crippen molar-refractivity contribution in [3.8, 4) is 17.1 Å². The third kappa shape index (κ3) is 6.33. The number of nitrogens with one attached hydrogen (secondary N) is 2. The lowest BCUT2D eigenvalue weighted by Gasteiger charge is -2.12. The molecule has 0 unspecified atom stereocenters. The first-order chi connectivity index (χ1) is 19.4. The van der Waals surface area contributed by atoms with Gasteiger partial charge in [0.25, 0.3) is 0 Å². The summed E-state index contributed by atoms with van der Waals surface area (Å²) in [6, 6.07) is 13.7. The summed E-state index contributed by atoms with van der Waals surface area (Å²) in [5, 5.41) is 27.2. The van der Waals surface area contributed by atoms with Crippen LogP contribution in [0.2, 0.25) is 0 Å². The Morgan fingerprint density at radius 2 is 1.82 bits per heavy atom. The highest BCUT2D eigenvalue weighted by molar-refractivity contribution is 5.84. The molecule has 12 heteroatoms. The Balaban J connectivity index is 1.23. The van der Waals surface area contributed by atoms with E-state index in [9.17, 15) is 4.79 Å². The van der Waals surface area contributed by atoms with E-state index >= 15 is 0 Å². The second kappa shape index (κ2) is 12.1. The van der Waals surface area contributed by atoms with Crippen LogP contribution in [0.5, 0.6) is 5.75 Å². The molecule has 5 aromatic rings. The molecule has 208 valence electrons. The Labute approximate surface area is 232 Å². The van der Waals surface area contributed by atoms with Gasteiger partial charge < -0.3 is 15.4 Å². The quantitative estimate of drug-likeness (QED) is 0.226. The average molecular weight is 543 g/mol. The average Bonchev–Trinajstić information content (AvgIpc) is 3.55. The Bertz CT molecular complexity index is 1610. The summed E-state index contributed by atoms with van der Waals surface area (Å²) >= 11 is 0. The number of benzene rings is 2. The molecule has 2 N–H and O–H groups in total. The first kappa shape index (κ1) is 27.0. The van der Waals surface area contributed by atoms with E-state index in [4.69, 9.17) is 9.72 Å². The van der Waals surface area contributed by atoms with Crippen LogP contribution in [-0.2, 0) is 18.4 Å². The van der Waals surface area contributed by atoms with E-state index in [1.54, 1.807) is 7.05 Å². The zero-order chi connectivity index (χ0) is 28.1. The fourth-order valence-corrected chi connectivity index (χ4v) is 4.41. The number of hydrogen-bond donors (Lipinski definition) is 2. The number of nitrogens with zero attached hydrogens (tertiary/aromatic N) is 8. The highest BCUT2D eigenvalue weighted by Crippen LogP contribution is 2.26. The number of aromatic nitrogens is 8. The molecule has 0 spiro atoms. The molecule has 0 aliphatic heterocycles. The molecule has 0 aliphatic carbocycles. The van der Waals surface area contributed by atoms with Crippen LogP contribution in [0.15, 0.2) is 42.5 Å². The summed E-state index contributed by atoms with van der Waals surface area (Å²) in [7, 11) is 1.74. The third-order valence-electron chi connectivity index (χ3n) is 6.39. The second-order valence-corrected chi connectivity index (χ2v) is 10.2. The molecule has 0 atom stereocenters. The van der Waals surface area contributed by atoms with Gasteiger partial charge in [-0.1, -0.05) is 38.1 Å². The first-order valence-electron chi connectivity index (χ1n) is 13.5. The van der Waals surface area contributed by atoms with Gasteiger partial charge in [-0.25, -0.2) is 4.98 Å². The van der Waals surface area contributed by atoms with E-state index in [0.29, 0.717) is 55.1 Å². The van der Waals surface area contributed by atoms with E-state index in [-0.39, 0.29) is 5.91 Å². The molecule has 0 bridgehead atoms. The van der Waals surface area contributed by atoms with E-state index in [0.717, 1.165) is 40.8 Å². The maximum absolute atomic E-state index is 11.8. The van der Waals surface area contributed by atoms with E-state index in [1.165, 1.54) is 4.80 Å². The summed E-state index contributed by atoms with van der Waals surface area (Å²) in [5.74, 6) is 3.22. The minimum atomic E-state index is 0.106. The minimum absolute atomic E-state index is 0.106. The standard InChI is InChI=1S/C28H34N10O2/c1-18(2)15-25(39)29-13-5-6-14-30-27-28-34-32-19(3)38(28)24-12-11-22(16-23(24)31-27)40-17-20-7-9-21(10-8-20)26-33-36-37(4)35-26/h7-12,16,18H,5-6,13-15,17H2,1-4H3,(H,29,39)(H,30,31). The van der Waals surface area contributed by atoms with Gasteiger partial charge in [-0.15, -0.1) is 20.4 Å². The number of ether oxygens (including phenoxy) is 1. The SMILES string of the molecule is Cc1nnc2c(NCCCCNC(=O)CC(C)C)nc3cc(OCc4ccc(-c5nnn(C)n5)cc4)ccc3n12. The van der Waals surface area contributed by atoms with Crippen LogP contribution in [0.3, 0.4) is 0 Å². The Morgan fingerprint density at radius 3 is 2.58 bits per heavy atom. The van der Waals surface area contributed by atoms with Crippen LogP contribution in [0.1, 0.15) is 44.5 Å². The highest BCUT2D eigenvalue weighted by atomic mass is 16.5. The van der Waals surface area contributed by atoms with E-state index in [1.807, 2.05) is 67.6 Å². The monoisotopic (exact) mass is 542 g/mol. The van der Waals surface area contributed by atoms with Crippen molar-refractivity contribution in [2.75, 3.05) is 18.4 Å². The number of unbranched alkanes of at least 4 members (excludes halogenated alkanes) is 1. The molecule has 2 aromatic carbocycles. The summed E-state index contributed by atoms with van der Waals surface area (Å²) in [6.45, 7) is 7.79. The number of anilines is 1. The van der Waals surface area contributed by atoms with Crippen molar-refractivity contribution in [1.82, 2.24) is 45.1 Å². The first-order valence-corrected chi connectivity index (χ1v) is 13.5. The topological polar surface area (TPSA) is 137 Å². The molecule has 40 heavy (non-hydrogen) atoms. The zero-order valence-electron chi connectivity index (χ0n) is 23.3. The van der Waals surface area contributed by atoms with Gasteiger partial charge in [-0.05, 0) is 48.6 Å². The molecule has 0 radical (unpaired) electrons. The molecular formula is C28H34N10O2. The lowest BCUT2D eigenvalue weighted by atomic mass is 10.1. The van der Waals surface area contributed by atoms with Crippen LogP contribution in [0, 0.1) is 12.8 Å². The molecule has 0 fully saturated rings. The summed E-state index contributed by atoms with van der Waals surface area (Å²) in [4.78, 5) is 18.1. The zero-order valence-corrected chi connectivity index (χ0v) is 23.3. The van der Waals surface area contributed by atoms with Gasteiger partial charge in [0.05, 0.1) is 18.1 Å². The van der Waals surface area contributed by atoms with Crippen LogP contribution < -0.4 is 15.4 Å². The second-order valence-electron chi connectivity index (χ2n) is 10.2. The molecule has 0 aliphatic rings. The lowest BCUT2D eigenvalue weighted by Crippen LogP contribution is -2.25. The highest BCUT2D eigenvalue weighted by Gasteiger charge is 2.14. The number of hydrogen-bond acceptors (Lipinski definition) is 9. The summed E-state index contributed by atoms with van der Waals surface area (Å²) in [5.41, 5.74) is 4.29. The number of carbonyl (C=O) groups excluding carboxylic acids is 1. The molecular weight excluding hydrogens is 508 g/mol. The van der Waals surface area contributed by atoms with Gasteiger partial charge in [0.15, 0.2) is 5.82 Å². The van der Waals surface area contributed by atoms with Crippen molar-refractivity contribution >= 4 is 28.4 Å². The predicted molar refractivity (Wildman–Crippen MR) is 152 cm³/mol. The maximum Gasteiger partial charge on any atom is 0.220 e. The number of fused-ring (bicyclic) bond motifs is 3. The number of rotatable bonds is 12. The van der Waals surface area contributed by atoms with Gasteiger partial charge in [0.2, 0.25) is 17.4 Å². The van der Waals surface area contributed by atoms with Crippen molar-refractivity contribution in [2.24, 2.45) is 13.0 Å². The molecule has 5 rings (SSSR count). The molecule has 3 aromatic heterocycles. The minimum Gasteiger partial charge on any atom is -0.489 e. The van der Waals surface area contributed by atoms with Gasteiger partial charge in [-0.3, -0.25) is 9.20 Å². The van der Waals surface area contributed by atoms with Crippen molar-refractivity contribution in [3.05, 3.63) is 53.9 Å². The van der Waals surface area contributed by atoms with Crippen LogP contribution in [0.4, 0.5) is 5.82 Å². The predicted octanol–water partition coefficient (Wildman–Crippen LogP) is 3.71. The molecule has 0 saturated carbocycles. The number of tetrazole rings is 1. The van der Waals surface area contributed by atoms with Crippen LogP contribution in [0.25, 0.3) is 28.1 Å². The Morgan fingerprint density at radius 1 is 1.02 bits per heavy atom. The van der Waals surface area contributed by atoms with E-state index in [2.05, 4.69) is 36.2 Å². The smallest absolute Gasteiger partial charge is 0.220 e. The van der Waals surface area contributed by atoms with Gasteiger partial charge >= 0.3 is 0 Å². The normalized spacial score (nSPS) is 11.4. The molecule has 0 saturated heterocycles. The fourth-order valence-electron chi connectivity index (χ4n) is 4.41. The lowest BCUT2D eigenvalue weighted by molar-refractivity contribution is -0.121. The van der Waals surface area contributed by atoms with Gasteiger partial charge in [-0.2, -0.15) is 4.80 Å². The van der Waals surface area contributed by atoms with Gasteiger partial charge in [0, 0.05) is 31.1 Å². The van der Waals surface area contributed by atoms with E-state index < -0.39 is 0 Å². The third-order valence-corrected chi connectivity index (χ3v) is 6.39. The van der Waals surface area contributed by atoms with Crippen molar-refractivity contribution in [3.63, 3.8) is 0 Å². The Hall–Kier alpha value is -4.61. The summed E-state index contributed by atoms with van der Waals surface area (Å²) in [6.07, 6.45) is 2.32. The molecule has 1 amide bonds. The van der Waals surface area contributed by atoms with Gasteiger partial charge in [0.1, 0.15) is 18.2 Å². The van der Waals surface area contributed by atoms with Crippen molar-refractivity contribution < 1.29 is 9.53 Å². The van der Waals surface area contributed by atoms with Crippen molar-refractivity contribution in [2.45, 2.75) is 46.6 Å². The number of amides is 1. The molecule has 12 nitrogen and oxygen atoms in total. The largest absolute Gasteiger partial charge is 0.489 e. The molecule has 3 heterocycles. The van der Waals surface area contributed by atoms with Crippen LogP contribution >= 0.6 is 0 Å². The fraction of sp³-hybridized carbons (Fsp3) is 0.393. The maximum atomic E-state index is 11.8.